The van der Waals surface area contributed by atoms with Crippen LogP contribution in [0.2, 0.25) is 0 Å². The van der Waals surface area contributed by atoms with Crippen LogP contribution in [0.1, 0.15) is 32.5 Å². The van der Waals surface area contributed by atoms with Gasteiger partial charge in [0.1, 0.15) is 0 Å². The predicted molar refractivity (Wildman–Crippen MR) is 77.0 cm³/mol. The molecule has 1 unspecified atom stereocenters. The minimum absolute atomic E-state index is 0.0875. The van der Waals surface area contributed by atoms with Crippen molar-refractivity contribution in [1.29, 1.82) is 0 Å². The Bertz CT molecular complexity index is 528. The summed E-state index contributed by atoms with van der Waals surface area (Å²) < 4.78 is 5.69. The van der Waals surface area contributed by atoms with E-state index in [9.17, 15) is 0 Å². The summed E-state index contributed by atoms with van der Waals surface area (Å²) in [5, 5.41) is 3.39. The van der Waals surface area contributed by atoms with Gasteiger partial charge in [-0.3, -0.25) is 4.98 Å². The molecule has 0 aliphatic carbocycles. The fourth-order valence-electron chi connectivity index (χ4n) is 1.92. The average Bonchev–Trinajstić information content (AvgIpc) is 2.42. The number of hydrogen-bond acceptors (Lipinski definition) is 4. The second kappa shape index (κ2) is 6.59. The Hall–Kier alpha value is -1.52. The van der Waals surface area contributed by atoms with Crippen molar-refractivity contribution in [2.24, 2.45) is 0 Å². The Balaban J connectivity index is 2.22. The molecule has 4 nitrogen and oxygen atoms in total. The summed E-state index contributed by atoms with van der Waals surface area (Å²) in [6.07, 6.45) is 2.05. The number of hydrogen-bond donors (Lipinski definition) is 1. The maximum Gasteiger partial charge on any atom is 0.0890 e. The molecule has 0 fully saturated rings. The molecule has 19 heavy (non-hydrogen) atoms. The van der Waals surface area contributed by atoms with E-state index < -0.39 is 0 Å². The van der Waals surface area contributed by atoms with Gasteiger partial charge in [0.05, 0.1) is 41.7 Å². The van der Waals surface area contributed by atoms with Crippen LogP contribution in [0.5, 0.6) is 0 Å². The van der Waals surface area contributed by atoms with Crippen molar-refractivity contribution in [2.45, 2.75) is 32.9 Å². The van der Waals surface area contributed by atoms with Gasteiger partial charge in [-0.15, -0.1) is 0 Å². The van der Waals surface area contributed by atoms with Gasteiger partial charge in [0.15, 0.2) is 0 Å². The van der Waals surface area contributed by atoms with Gasteiger partial charge < -0.3 is 10.1 Å². The lowest BCUT2D eigenvalue weighted by Gasteiger charge is -2.19. The van der Waals surface area contributed by atoms with Crippen LogP contribution in [0.25, 0.3) is 11.0 Å². The van der Waals surface area contributed by atoms with Crippen molar-refractivity contribution in [1.82, 2.24) is 15.3 Å². The number of rotatable bonds is 6. The van der Waals surface area contributed by atoms with E-state index in [1.165, 1.54) is 0 Å². The standard InChI is InChI=1S/C15H21N3O/c1-4-16-15(10-19-11(2)3)14-9-17-12-7-5-6-8-13(12)18-14/h5-9,11,15-16H,4,10H2,1-3H3. The number of nitrogens with zero attached hydrogens (tertiary/aromatic N) is 2. The summed E-state index contributed by atoms with van der Waals surface area (Å²) >= 11 is 0. The lowest BCUT2D eigenvalue weighted by atomic mass is 10.2. The van der Waals surface area contributed by atoms with Gasteiger partial charge in [-0.25, -0.2) is 4.98 Å². The number of likely N-dealkylation sites (N-methyl/N-ethyl adjacent to an activating group) is 1. The zero-order chi connectivity index (χ0) is 13.7. The summed E-state index contributed by atoms with van der Waals surface area (Å²) in [7, 11) is 0. The molecule has 1 atom stereocenters. The summed E-state index contributed by atoms with van der Waals surface area (Å²) in [5.41, 5.74) is 2.78. The Kier molecular flexibility index (Phi) is 4.82. The van der Waals surface area contributed by atoms with Crippen molar-refractivity contribution in [3.05, 3.63) is 36.2 Å². The topological polar surface area (TPSA) is 47.0 Å². The molecule has 1 heterocycles. The number of benzene rings is 1. The highest BCUT2D eigenvalue weighted by Crippen LogP contribution is 2.15. The zero-order valence-corrected chi connectivity index (χ0v) is 11.8. The van der Waals surface area contributed by atoms with Gasteiger partial charge >= 0.3 is 0 Å². The quantitative estimate of drug-likeness (QED) is 0.866. The van der Waals surface area contributed by atoms with E-state index in [2.05, 4.69) is 22.2 Å². The molecule has 0 bridgehead atoms. The molecule has 2 aromatic rings. The maximum absolute atomic E-state index is 5.69. The number of aromatic nitrogens is 2. The van der Waals surface area contributed by atoms with Crippen LogP contribution in [0, 0.1) is 0 Å². The highest BCUT2D eigenvalue weighted by Gasteiger charge is 2.14. The normalized spacial score (nSPS) is 13.1. The molecule has 0 saturated heterocycles. The zero-order valence-electron chi connectivity index (χ0n) is 11.8. The number of nitrogens with one attached hydrogen (secondary N) is 1. The third kappa shape index (κ3) is 3.72. The van der Waals surface area contributed by atoms with Crippen molar-refractivity contribution >= 4 is 11.0 Å². The molecule has 0 radical (unpaired) electrons. The largest absolute Gasteiger partial charge is 0.377 e. The highest BCUT2D eigenvalue weighted by molar-refractivity contribution is 5.73. The lowest BCUT2D eigenvalue weighted by molar-refractivity contribution is 0.0606. The molecule has 102 valence electrons. The van der Waals surface area contributed by atoms with Crippen LogP contribution in [-0.2, 0) is 4.74 Å². The number of para-hydroxylation sites is 2. The van der Waals surface area contributed by atoms with E-state index in [0.29, 0.717) is 6.61 Å². The third-order valence-electron chi connectivity index (χ3n) is 2.87. The summed E-state index contributed by atoms with van der Waals surface area (Å²) in [5.74, 6) is 0. The van der Waals surface area contributed by atoms with Gasteiger partial charge in [0, 0.05) is 0 Å². The Morgan fingerprint density at radius 2 is 1.95 bits per heavy atom. The molecule has 0 spiro atoms. The first-order valence-electron chi connectivity index (χ1n) is 6.77. The molecule has 1 N–H and O–H groups in total. The molecule has 0 aliphatic heterocycles. The summed E-state index contributed by atoms with van der Waals surface area (Å²) in [6.45, 7) is 7.64. The van der Waals surface area contributed by atoms with E-state index in [1.54, 1.807) is 0 Å². The van der Waals surface area contributed by atoms with Crippen molar-refractivity contribution in [3.8, 4) is 0 Å². The molecular weight excluding hydrogens is 238 g/mol. The summed E-state index contributed by atoms with van der Waals surface area (Å²) in [6, 6.07) is 8.00. The van der Waals surface area contributed by atoms with E-state index in [4.69, 9.17) is 4.74 Å². The van der Waals surface area contributed by atoms with Crippen molar-refractivity contribution < 1.29 is 4.74 Å². The average molecular weight is 259 g/mol. The van der Waals surface area contributed by atoms with E-state index in [0.717, 1.165) is 23.3 Å². The Morgan fingerprint density at radius 3 is 2.63 bits per heavy atom. The van der Waals surface area contributed by atoms with Gasteiger partial charge in [-0.05, 0) is 32.5 Å². The first-order chi connectivity index (χ1) is 9.20. The SMILES string of the molecule is CCNC(COC(C)C)c1cnc2ccccc2n1. The monoisotopic (exact) mass is 259 g/mol. The number of ether oxygens (including phenoxy) is 1. The smallest absolute Gasteiger partial charge is 0.0890 e. The first kappa shape index (κ1) is 13.9. The fourth-order valence-corrected chi connectivity index (χ4v) is 1.92. The second-order valence-corrected chi connectivity index (χ2v) is 4.78. The van der Waals surface area contributed by atoms with Gasteiger partial charge in [0.2, 0.25) is 0 Å². The third-order valence-corrected chi connectivity index (χ3v) is 2.87. The first-order valence-corrected chi connectivity index (χ1v) is 6.77. The molecular formula is C15H21N3O. The molecule has 1 aromatic carbocycles. The van der Waals surface area contributed by atoms with Crippen molar-refractivity contribution in [3.63, 3.8) is 0 Å². The van der Waals surface area contributed by atoms with Crippen molar-refractivity contribution in [2.75, 3.05) is 13.2 Å². The van der Waals surface area contributed by atoms with E-state index >= 15 is 0 Å². The maximum atomic E-state index is 5.69. The fraction of sp³-hybridized carbons (Fsp3) is 0.467. The molecule has 4 heteroatoms. The van der Waals surface area contributed by atoms with Crippen LogP contribution in [0.4, 0.5) is 0 Å². The molecule has 0 amide bonds. The molecule has 2 rings (SSSR count). The van der Waals surface area contributed by atoms with E-state index in [1.807, 2.05) is 44.3 Å². The summed E-state index contributed by atoms with van der Waals surface area (Å²) in [4.78, 5) is 9.12. The van der Waals surface area contributed by atoms with E-state index in [-0.39, 0.29) is 12.1 Å². The molecule has 0 saturated carbocycles. The molecule has 1 aromatic heterocycles. The van der Waals surface area contributed by atoms with Gasteiger partial charge in [-0.1, -0.05) is 19.1 Å². The minimum atomic E-state index is 0.0875. The lowest BCUT2D eigenvalue weighted by Crippen LogP contribution is -2.27. The van der Waals surface area contributed by atoms with Crippen LogP contribution in [-0.4, -0.2) is 29.2 Å². The highest BCUT2D eigenvalue weighted by atomic mass is 16.5. The van der Waals surface area contributed by atoms with Gasteiger partial charge in [0.25, 0.3) is 0 Å². The Morgan fingerprint density at radius 1 is 1.21 bits per heavy atom. The molecule has 0 aliphatic rings. The van der Waals surface area contributed by atoms with Crippen LogP contribution < -0.4 is 5.32 Å². The minimum Gasteiger partial charge on any atom is -0.377 e. The number of fused-ring (bicyclic) bond motifs is 1. The van der Waals surface area contributed by atoms with Crippen LogP contribution in [0.3, 0.4) is 0 Å². The van der Waals surface area contributed by atoms with Gasteiger partial charge in [-0.2, -0.15) is 0 Å². The van der Waals surface area contributed by atoms with Crippen LogP contribution >= 0.6 is 0 Å². The second-order valence-electron chi connectivity index (χ2n) is 4.78. The van der Waals surface area contributed by atoms with Crippen LogP contribution in [0.15, 0.2) is 30.5 Å². The predicted octanol–water partition coefficient (Wildman–Crippen LogP) is 2.71. The Labute approximate surface area is 114 Å².